The van der Waals surface area contributed by atoms with E-state index < -0.39 is 0 Å². The molecule has 0 fully saturated rings. The maximum absolute atomic E-state index is 12.1. The molecule has 5 heteroatoms. The molecule has 2 aromatic carbocycles. The summed E-state index contributed by atoms with van der Waals surface area (Å²) in [4.78, 5) is 23.0. The molecule has 0 radical (unpaired) electrons. The van der Waals surface area contributed by atoms with Crippen molar-refractivity contribution in [2.75, 3.05) is 10.6 Å². The Balaban J connectivity index is 2.08. The topological polar surface area (TPSA) is 58.2 Å². The van der Waals surface area contributed by atoms with E-state index in [4.69, 9.17) is 11.6 Å². The van der Waals surface area contributed by atoms with E-state index in [-0.39, 0.29) is 11.8 Å². The molecule has 0 aromatic heterocycles. The van der Waals surface area contributed by atoms with Gasteiger partial charge < -0.3 is 10.6 Å². The number of aryl methyl sites for hydroxylation is 1. The van der Waals surface area contributed by atoms with Gasteiger partial charge in [0.15, 0.2) is 0 Å². The number of anilines is 2. The van der Waals surface area contributed by atoms with Gasteiger partial charge in [-0.25, -0.2) is 0 Å². The van der Waals surface area contributed by atoms with Gasteiger partial charge in [-0.05, 0) is 48.9 Å². The van der Waals surface area contributed by atoms with Gasteiger partial charge in [0.1, 0.15) is 0 Å². The Hall–Kier alpha value is -2.33. The fourth-order valence-electron chi connectivity index (χ4n) is 1.78. The maximum Gasteiger partial charge on any atom is 0.255 e. The van der Waals surface area contributed by atoms with Gasteiger partial charge in [-0.3, -0.25) is 9.59 Å². The van der Waals surface area contributed by atoms with Crippen molar-refractivity contribution in [3.05, 3.63) is 58.6 Å². The second kappa shape index (κ2) is 6.41. The average molecular weight is 303 g/mol. The maximum atomic E-state index is 12.1. The summed E-state index contributed by atoms with van der Waals surface area (Å²) >= 11 is 6.01. The zero-order chi connectivity index (χ0) is 15.4. The molecule has 2 amide bonds. The van der Waals surface area contributed by atoms with Gasteiger partial charge in [-0.15, -0.1) is 0 Å². The van der Waals surface area contributed by atoms with Gasteiger partial charge in [-0.2, -0.15) is 0 Å². The zero-order valence-electron chi connectivity index (χ0n) is 11.7. The Morgan fingerprint density at radius 2 is 1.52 bits per heavy atom. The molecular formula is C16H15ClN2O2. The Morgan fingerprint density at radius 1 is 0.952 bits per heavy atom. The second-order valence-electron chi connectivity index (χ2n) is 4.68. The van der Waals surface area contributed by atoms with E-state index in [1.165, 1.54) is 6.92 Å². The van der Waals surface area contributed by atoms with E-state index in [1.807, 2.05) is 6.92 Å². The molecular weight excluding hydrogens is 288 g/mol. The van der Waals surface area contributed by atoms with E-state index in [9.17, 15) is 9.59 Å². The van der Waals surface area contributed by atoms with E-state index in [0.29, 0.717) is 22.0 Å². The summed E-state index contributed by atoms with van der Waals surface area (Å²) in [6.07, 6.45) is 0. The summed E-state index contributed by atoms with van der Waals surface area (Å²) in [6, 6.07) is 12.0. The van der Waals surface area contributed by atoms with Gasteiger partial charge >= 0.3 is 0 Å². The normalized spacial score (nSPS) is 10.0. The molecule has 0 saturated carbocycles. The number of carbonyl (C=O) groups excluding carboxylic acids is 2. The number of amides is 2. The van der Waals surface area contributed by atoms with Crippen LogP contribution in [0, 0.1) is 6.92 Å². The first kappa shape index (κ1) is 15.1. The Kier molecular flexibility index (Phi) is 4.60. The van der Waals surface area contributed by atoms with Gasteiger partial charge in [0, 0.05) is 28.9 Å². The van der Waals surface area contributed by atoms with E-state index in [0.717, 1.165) is 5.56 Å². The van der Waals surface area contributed by atoms with E-state index >= 15 is 0 Å². The molecule has 0 spiro atoms. The minimum absolute atomic E-state index is 0.138. The van der Waals surface area contributed by atoms with Crippen LogP contribution in [0.25, 0.3) is 0 Å². The third-order valence-electron chi connectivity index (χ3n) is 2.90. The van der Waals surface area contributed by atoms with Crippen LogP contribution >= 0.6 is 11.6 Å². The predicted molar refractivity (Wildman–Crippen MR) is 84.9 cm³/mol. The number of rotatable bonds is 3. The highest BCUT2D eigenvalue weighted by Crippen LogP contribution is 2.19. The lowest BCUT2D eigenvalue weighted by Crippen LogP contribution is -2.12. The van der Waals surface area contributed by atoms with Crippen LogP contribution in [0.5, 0.6) is 0 Å². The number of benzene rings is 2. The van der Waals surface area contributed by atoms with Gasteiger partial charge in [0.05, 0.1) is 0 Å². The van der Waals surface area contributed by atoms with Crippen LogP contribution in [0.2, 0.25) is 5.02 Å². The standard InChI is InChI=1S/C16H15ClN2O2/c1-10-3-4-12(9-15(10)17)16(21)19-14-7-5-13(6-8-14)18-11(2)20/h3-9H,1-2H3,(H,18,20)(H,19,21). The lowest BCUT2D eigenvalue weighted by molar-refractivity contribution is -0.114. The highest BCUT2D eigenvalue weighted by atomic mass is 35.5. The smallest absolute Gasteiger partial charge is 0.255 e. The molecule has 4 nitrogen and oxygen atoms in total. The fourth-order valence-corrected chi connectivity index (χ4v) is 1.96. The molecule has 0 atom stereocenters. The second-order valence-corrected chi connectivity index (χ2v) is 5.08. The van der Waals surface area contributed by atoms with Crippen molar-refractivity contribution >= 4 is 34.8 Å². The molecule has 0 aliphatic carbocycles. The first-order valence-electron chi connectivity index (χ1n) is 6.41. The predicted octanol–water partition coefficient (Wildman–Crippen LogP) is 3.86. The monoisotopic (exact) mass is 302 g/mol. The van der Waals surface area contributed by atoms with E-state index in [2.05, 4.69) is 10.6 Å². The Labute approximate surface area is 128 Å². The van der Waals surface area contributed by atoms with Crippen LogP contribution in [-0.4, -0.2) is 11.8 Å². The number of hydrogen-bond donors (Lipinski definition) is 2. The highest BCUT2D eigenvalue weighted by molar-refractivity contribution is 6.31. The third kappa shape index (κ3) is 4.07. The fraction of sp³-hybridized carbons (Fsp3) is 0.125. The molecule has 2 aromatic rings. The lowest BCUT2D eigenvalue weighted by Gasteiger charge is -2.08. The third-order valence-corrected chi connectivity index (χ3v) is 3.30. The number of hydrogen-bond acceptors (Lipinski definition) is 2. The molecule has 0 heterocycles. The SMILES string of the molecule is CC(=O)Nc1ccc(NC(=O)c2ccc(C)c(Cl)c2)cc1. The molecule has 0 aliphatic heterocycles. The van der Waals surface area contributed by atoms with Crippen molar-refractivity contribution in [2.24, 2.45) is 0 Å². The van der Waals surface area contributed by atoms with Crippen LogP contribution in [-0.2, 0) is 4.79 Å². The summed E-state index contributed by atoms with van der Waals surface area (Å²) in [5, 5.41) is 6.00. The number of nitrogens with one attached hydrogen (secondary N) is 2. The molecule has 0 unspecified atom stereocenters. The van der Waals surface area contributed by atoms with Crippen LogP contribution in [0.15, 0.2) is 42.5 Å². The van der Waals surface area contributed by atoms with Crippen molar-refractivity contribution in [3.8, 4) is 0 Å². The largest absolute Gasteiger partial charge is 0.326 e. The van der Waals surface area contributed by atoms with Crippen molar-refractivity contribution in [1.29, 1.82) is 0 Å². The van der Waals surface area contributed by atoms with E-state index in [1.54, 1.807) is 42.5 Å². The van der Waals surface area contributed by atoms with Crippen LogP contribution in [0.4, 0.5) is 11.4 Å². The van der Waals surface area contributed by atoms with Gasteiger partial charge in [0.2, 0.25) is 5.91 Å². The van der Waals surface area contributed by atoms with Gasteiger partial charge in [0.25, 0.3) is 5.91 Å². The summed E-state index contributed by atoms with van der Waals surface area (Å²) in [6.45, 7) is 3.32. The molecule has 2 rings (SSSR count). The molecule has 2 N–H and O–H groups in total. The summed E-state index contributed by atoms with van der Waals surface area (Å²) in [7, 11) is 0. The van der Waals surface area contributed by atoms with Crippen molar-refractivity contribution in [3.63, 3.8) is 0 Å². The van der Waals surface area contributed by atoms with Gasteiger partial charge in [-0.1, -0.05) is 17.7 Å². The zero-order valence-corrected chi connectivity index (χ0v) is 12.5. The van der Waals surface area contributed by atoms with Crippen molar-refractivity contribution in [1.82, 2.24) is 0 Å². The first-order chi connectivity index (χ1) is 9.95. The minimum Gasteiger partial charge on any atom is -0.326 e. The van der Waals surface area contributed by atoms with Crippen LogP contribution in [0.1, 0.15) is 22.8 Å². The van der Waals surface area contributed by atoms with Crippen molar-refractivity contribution < 1.29 is 9.59 Å². The Bertz CT molecular complexity index is 681. The number of halogens is 1. The molecule has 108 valence electrons. The van der Waals surface area contributed by atoms with Crippen LogP contribution in [0.3, 0.4) is 0 Å². The molecule has 0 saturated heterocycles. The minimum atomic E-state index is -0.232. The quantitative estimate of drug-likeness (QED) is 0.904. The van der Waals surface area contributed by atoms with Crippen LogP contribution < -0.4 is 10.6 Å². The summed E-state index contributed by atoms with van der Waals surface area (Å²) < 4.78 is 0. The lowest BCUT2D eigenvalue weighted by atomic mass is 10.1. The molecule has 0 aliphatic rings. The Morgan fingerprint density at radius 3 is 2.05 bits per heavy atom. The van der Waals surface area contributed by atoms with Crippen molar-refractivity contribution in [2.45, 2.75) is 13.8 Å². The highest BCUT2D eigenvalue weighted by Gasteiger charge is 2.08. The molecule has 0 bridgehead atoms. The average Bonchev–Trinajstić information content (AvgIpc) is 2.43. The summed E-state index contributed by atoms with van der Waals surface area (Å²) in [5.41, 5.74) is 2.74. The molecule has 21 heavy (non-hydrogen) atoms. The summed E-state index contributed by atoms with van der Waals surface area (Å²) in [5.74, 6) is -0.370. The first-order valence-corrected chi connectivity index (χ1v) is 6.78. The number of carbonyl (C=O) groups is 2.